The summed E-state index contributed by atoms with van der Waals surface area (Å²) < 4.78 is 0. The minimum Gasteiger partial charge on any atom is -0.338 e. The summed E-state index contributed by atoms with van der Waals surface area (Å²) in [6, 6.07) is 9.87. The van der Waals surface area contributed by atoms with E-state index in [2.05, 4.69) is 15.6 Å². The lowest BCUT2D eigenvalue weighted by Gasteiger charge is -2.16. The number of aromatic nitrogens is 1. The maximum atomic E-state index is 12.1. The van der Waals surface area contributed by atoms with E-state index >= 15 is 0 Å². The molecule has 124 valence electrons. The van der Waals surface area contributed by atoms with Crippen LogP contribution in [-0.2, 0) is 11.3 Å². The quantitative estimate of drug-likeness (QED) is 0.900. The third-order valence-corrected chi connectivity index (χ3v) is 4.66. The van der Waals surface area contributed by atoms with Crippen molar-refractivity contribution < 1.29 is 9.59 Å². The molecule has 1 aromatic heterocycles. The van der Waals surface area contributed by atoms with E-state index in [0.717, 1.165) is 29.3 Å². The van der Waals surface area contributed by atoms with E-state index in [1.54, 1.807) is 6.20 Å². The normalized spacial score (nSPS) is 20.4. The van der Waals surface area contributed by atoms with Gasteiger partial charge in [0.15, 0.2) is 0 Å². The summed E-state index contributed by atoms with van der Waals surface area (Å²) in [6.45, 7) is 1.07. The van der Waals surface area contributed by atoms with Crippen LogP contribution in [-0.4, -0.2) is 40.5 Å². The Balaban J connectivity index is 1.34. The van der Waals surface area contributed by atoms with Crippen molar-refractivity contribution in [3.05, 3.63) is 42.1 Å². The second-order valence-electron chi connectivity index (χ2n) is 6.49. The SMILES string of the molecule is O=C(NCc1ccnc2ccccc12)N[C@@H]1CC(=O)N(C2CC2)C1. The van der Waals surface area contributed by atoms with Crippen LogP contribution in [0.15, 0.2) is 36.5 Å². The van der Waals surface area contributed by atoms with Crippen LogP contribution < -0.4 is 10.6 Å². The van der Waals surface area contributed by atoms with Crippen LogP contribution in [0.1, 0.15) is 24.8 Å². The largest absolute Gasteiger partial charge is 0.338 e. The van der Waals surface area contributed by atoms with Crippen molar-refractivity contribution in [2.24, 2.45) is 0 Å². The molecule has 1 aromatic carbocycles. The molecular formula is C18H20N4O2. The van der Waals surface area contributed by atoms with Gasteiger partial charge in [-0.2, -0.15) is 0 Å². The number of urea groups is 1. The van der Waals surface area contributed by atoms with Gasteiger partial charge in [-0.3, -0.25) is 9.78 Å². The molecular weight excluding hydrogens is 304 g/mol. The molecule has 1 aliphatic heterocycles. The van der Waals surface area contributed by atoms with Gasteiger partial charge < -0.3 is 15.5 Å². The van der Waals surface area contributed by atoms with Gasteiger partial charge in [0.05, 0.1) is 11.6 Å². The van der Waals surface area contributed by atoms with Crippen LogP contribution in [0.25, 0.3) is 10.9 Å². The van der Waals surface area contributed by atoms with E-state index in [-0.39, 0.29) is 18.0 Å². The first-order valence-electron chi connectivity index (χ1n) is 8.37. The van der Waals surface area contributed by atoms with Crippen molar-refractivity contribution in [1.82, 2.24) is 20.5 Å². The van der Waals surface area contributed by atoms with E-state index < -0.39 is 0 Å². The van der Waals surface area contributed by atoms with E-state index in [0.29, 0.717) is 25.6 Å². The monoisotopic (exact) mass is 324 g/mol. The molecule has 6 nitrogen and oxygen atoms in total. The van der Waals surface area contributed by atoms with Crippen LogP contribution in [0.2, 0.25) is 0 Å². The molecule has 2 aliphatic rings. The molecule has 1 aliphatic carbocycles. The number of carbonyl (C=O) groups excluding carboxylic acids is 2. The average molecular weight is 324 g/mol. The summed E-state index contributed by atoms with van der Waals surface area (Å²) in [7, 11) is 0. The Morgan fingerprint density at radius 3 is 2.92 bits per heavy atom. The summed E-state index contributed by atoms with van der Waals surface area (Å²) in [5.74, 6) is 0.155. The zero-order valence-electron chi connectivity index (χ0n) is 13.4. The van der Waals surface area contributed by atoms with Gasteiger partial charge in [-0.1, -0.05) is 18.2 Å². The number of hydrogen-bond donors (Lipinski definition) is 2. The van der Waals surface area contributed by atoms with Gasteiger partial charge in [0, 0.05) is 37.1 Å². The Labute approximate surface area is 140 Å². The van der Waals surface area contributed by atoms with Gasteiger partial charge in [0.1, 0.15) is 0 Å². The Morgan fingerprint density at radius 2 is 2.08 bits per heavy atom. The number of para-hydroxylation sites is 1. The predicted octanol–water partition coefficient (Wildman–Crippen LogP) is 1.80. The molecule has 2 aromatic rings. The predicted molar refractivity (Wildman–Crippen MR) is 90.3 cm³/mol. The van der Waals surface area contributed by atoms with E-state index in [1.807, 2.05) is 35.2 Å². The summed E-state index contributed by atoms with van der Waals surface area (Å²) in [4.78, 5) is 30.3. The van der Waals surface area contributed by atoms with Crippen LogP contribution >= 0.6 is 0 Å². The Hall–Kier alpha value is -2.63. The highest BCUT2D eigenvalue weighted by Crippen LogP contribution is 2.30. The smallest absolute Gasteiger partial charge is 0.315 e. The molecule has 0 bridgehead atoms. The van der Waals surface area contributed by atoms with Crippen molar-refractivity contribution in [3.63, 3.8) is 0 Å². The van der Waals surface area contributed by atoms with Gasteiger partial charge in [0.25, 0.3) is 0 Å². The summed E-state index contributed by atoms with van der Waals surface area (Å²) >= 11 is 0. The van der Waals surface area contributed by atoms with Gasteiger partial charge in [-0.25, -0.2) is 4.79 Å². The maximum Gasteiger partial charge on any atom is 0.315 e. The van der Waals surface area contributed by atoms with Crippen LogP contribution in [0.4, 0.5) is 4.79 Å². The number of benzene rings is 1. The van der Waals surface area contributed by atoms with Crippen molar-refractivity contribution >= 4 is 22.8 Å². The van der Waals surface area contributed by atoms with Crippen molar-refractivity contribution in [1.29, 1.82) is 0 Å². The molecule has 1 atom stereocenters. The van der Waals surface area contributed by atoms with Gasteiger partial charge >= 0.3 is 6.03 Å². The standard InChI is InChI=1S/C18H20N4O2/c23-17-9-13(11-22(17)14-5-6-14)21-18(24)20-10-12-7-8-19-16-4-2-1-3-15(12)16/h1-4,7-8,13-14H,5-6,9-11H2,(H2,20,21,24)/t13-/m1/s1. The van der Waals surface area contributed by atoms with Crippen LogP contribution in [0.5, 0.6) is 0 Å². The first kappa shape index (κ1) is 14.9. The minimum absolute atomic E-state index is 0.0905. The second-order valence-corrected chi connectivity index (χ2v) is 6.49. The van der Waals surface area contributed by atoms with Gasteiger partial charge in [-0.15, -0.1) is 0 Å². The molecule has 0 unspecified atom stereocenters. The number of carbonyl (C=O) groups is 2. The number of likely N-dealkylation sites (tertiary alicyclic amines) is 1. The number of hydrogen-bond acceptors (Lipinski definition) is 3. The lowest BCUT2D eigenvalue weighted by Crippen LogP contribution is -2.43. The van der Waals surface area contributed by atoms with E-state index in [4.69, 9.17) is 0 Å². The maximum absolute atomic E-state index is 12.1. The highest BCUT2D eigenvalue weighted by molar-refractivity contribution is 5.84. The second kappa shape index (κ2) is 6.11. The minimum atomic E-state index is -0.230. The molecule has 4 rings (SSSR count). The third kappa shape index (κ3) is 3.04. The third-order valence-electron chi connectivity index (χ3n) is 4.66. The summed E-state index contributed by atoms with van der Waals surface area (Å²) in [5.41, 5.74) is 1.94. The highest BCUT2D eigenvalue weighted by Gasteiger charge is 2.39. The van der Waals surface area contributed by atoms with E-state index in [9.17, 15) is 9.59 Å². The molecule has 3 amide bonds. The van der Waals surface area contributed by atoms with Crippen LogP contribution in [0, 0.1) is 0 Å². The fourth-order valence-corrected chi connectivity index (χ4v) is 3.29. The molecule has 6 heteroatoms. The van der Waals surface area contributed by atoms with E-state index in [1.165, 1.54) is 0 Å². The van der Waals surface area contributed by atoms with Crippen LogP contribution in [0.3, 0.4) is 0 Å². The number of nitrogens with one attached hydrogen (secondary N) is 2. The van der Waals surface area contributed by atoms with Gasteiger partial charge in [0.2, 0.25) is 5.91 Å². The van der Waals surface area contributed by atoms with Crippen molar-refractivity contribution in [3.8, 4) is 0 Å². The average Bonchev–Trinajstić information content (AvgIpc) is 3.36. The molecule has 0 radical (unpaired) electrons. The summed E-state index contributed by atoms with van der Waals surface area (Å²) in [5, 5.41) is 6.84. The molecule has 2 N–H and O–H groups in total. The molecule has 2 fully saturated rings. The zero-order chi connectivity index (χ0) is 16.5. The first-order chi connectivity index (χ1) is 11.7. The summed E-state index contributed by atoms with van der Waals surface area (Å²) in [6.07, 6.45) is 4.35. The first-order valence-corrected chi connectivity index (χ1v) is 8.37. The Bertz CT molecular complexity index is 782. The topological polar surface area (TPSA) is 74.3 Å². The Morgan fingerprint density at radius 1 is 1.25 bits per heavy atom. The lowest BCUT2D eigenvalue weighted by molar-refractivity contribution is -0.128. The van der Waals surface area contributed by atoms with Gasteiger partial charge in [-0.05, 0) is 30.5 Å². The molecule has 24 heavy (non-hydrogen) atoms. The molecule has 2 heterocycles. The lowest BCUT2D eigenvalue weighted by atomic mass is 10.1. The van der Waals surface area contributed by atoms with Crippen molar-refractivity contribution in [2.75, 3.05) is 6.54 Å². The van der Waals surface area contributed by atoms with Crippen molar-refractivity contribution in [2.45, 2.75) is 37.9 Å². The number of amides is 3. The number of pyridine rings is 1. The number of fused-ring (bicyclic) bond motifs is 1. The molecule has 0 spiro atoms. The fraction of sp³-hybridized carbons (Fsp3) is 0.389. The Kier molecular flexibility index (Phi) is 3.80. The molecule has 1 saturated heterocycles. The fourth-order valence-electron chi connectivity index (χ4n) is 3.29. The number of nitrogens with zero attached hydrogens (tertiary/aromatic N) is 2. The zero-order valence-corrected chi connectivity index (χ0v) is 13.4. The highest BCUT2D eigenvalue weighted by atomic mass is 16.2. The molecule has 1 saturated carbocycles. The number of rotatable bonds is 4.